The molecule has 1 saturated carbocycles. The fraction of sp³-hybridized carbons (Fsp3) is 0.588. The molecule has 0 heterocycles. The first kappa shape index (κ1) is 18.4. The van der Waals surface area contributed by atoms with Crippen molar-refractivity contribution in [2.45, 2.75) is 57.9 Å². The molecule has 2 rings (SSSR count). The third-order valence-corrected chi connectivity index (χ3v) is 3.98. The molecule has 24 heavy (non-hydrogen) atoms. The van der Waals surface area contributed by atoms with Gasteiger partial charge in [-0.3, -0.25) is 0 Å². The molecule has 1 aliphatic rings. The standard InChI is InChI=1S/C17H25F2N3O2/c1-2-20-17(22-13-7-9-14(23)10-8-13)21-11-12-5-3-4-6-15(12)24-16(18)19/h3-6,13-14,16,23H,2,7-11H2,1H3,(H2,20,21,22). The molecule has 134 valence electrons. The van der Waals surface area contributed by atoms with Crippen LogP contribution in [0.15, 0.2) is 29.3 Å². The van der Waals surface area contributed by atoms with Crippen molar-refractivity contribution in [1.29, 1.82) is 0 Å². The van der Waals surface area contributed by atoms with Crippen LogP contribution >= 0.6 is 0 Å². The lowest BCUT2D eigenvalue weighted by Crippen LogP contribution is -2.45. The van der Waals surface area contributed by atoms with E-state index in [4.69, 9.17) is 0 Å². The Hall–Kier alpha value is -1.89. The van der Waals surface area contributed by atoms with Gasteiger partial charge >= 0.3 is 6.61 Å². The highest BCUT2D eigenvalue weighted by molar-refractivity contribution is 5.80. The third-order valence-electron chi connectivity index (χ3n) is 3.98. The molecule has 0 spiro atoms. The Morgan fingerprint density at radius 1 is 1.29 bits per heavy atom. The normalized spacial score (nSPS) is 21.6. The van der Waals surface area contributed by atoms with Crippen molar-refractivity contribution in [2.24, 2.45) is 4.99 Å². The van der Waals surface area contributed by atoms with Crippen molar-refractivity contribution in [3.63, 3.8) is 0 Å². The first-order chi connectivity index (χ1) is 11.6. The van der Waals surface area contributed by atoms with Gasteiger partial charge in [0, 0.05) is 18.2 Å². The van der Waals surface area contributed by atoms with Crippen LogP contribution in [0.25, 0.3) is 0 Å². The van der Waals surface area contributed by atoms with E-state index in [0.29, 0.717) is 18.1 Å². The van der Waals surface area contributed by atoms with Gasteiger partial charge in [-0.05, 0) is 38.7 Å². The van der Waals surface area contributed by atoms with E-state index in [1.54, 1.807) is 18.2 Å². The number of alkyl halides is 2. The lowest BCUT2D eigenvalue weighted by atomic mass is 9.93. The molecule has 5 nitrogen and oxygen atoms in total. The second-order valence-electron chi connectivity index (χ2n) is 5.83. The van der Waals surface area contributed by atoms with Crippen molar-refractivity contribution in [2.75, 3.05) is 6.54 Å². The monoisotopic (exact) mass is 341 g/mol. The SMILES string of the molecule is CCNC(=NCc1ccccc1OC(F)F)NC1CCC(O)CC1. The minimum atomic E-state index is -2.85. The average Bonchev–Trinajstić information content (AvgIpc) is 2.55. The summed E-state index contributed by atoms with van der Waals surface area (Å²) in [5, 5.41) is 16.1. The molecule has 1 aromatic carbocycles. The number of aliphatic hydroxyl groups is 1. The summed E-state index contributed by atoms with van der Waals surface area (Å²) in [5.41, 5.74) is 0.606. The maximum atomic E-state index is 12.5. The highest BCUT2D eigenvalue weighted by atomic mass is 19.3. The molecule has 0 bridgehead atoms. The molecule has 3 N–H and O–H groups in total. The van der Waals surface area contributed by atoms with Crippen LogP contribution in [0, 0.1) is 0 Å². The van der Waals surface area contributed by atoms with Crippen LogP contribution in [0.5, 0.6) is 5.75 Å². The number of nitrogens with one attached hydrogen (secondary N) is 2. The fourth-order valence-corrected chi connectivity index (χ4v) is 2.74. The largest absolute Gasteiger partial charge is 0.434 e. The number of aliphatic hydroxyl groups excluding tert-OH is 1. The minimum absolute atomic E-state index is 0.146. The number of benzene rings is 1. The fourth-order valence-electron chi connectivity index (χ4n) is 2.74. The minimum Gasteiger partial charge on any atom is -0.434 e. The first-order valence-corrected chi connectivity index (χ1v) is 8.34. The Kier molecular flexibility index (Phi) is 7.24. The number of hydrogen-bond donors (Lipinski definition) is 3. The molecular weight excluding hydrogens is 316 g/mol. The van der Waals surface area contributed by atoms with E-state index in [0.717, 1.165) is 25.7 Å². The third kappa shape index (κ3) is 5.96. The number of aliphatic imine (C=N–C) groups is 1. The number of nitrogens with zero attached hydrogens (tertiary/aromatic N) is 1. The van der Waals surface area contributed by atoms with Gasteiger partial charge in [-0.25, -0.2) is 4.99 Å². The zero-order valence-corrected chi connectivity index (χ0v) is 13.8. The van der Waals surface area contributed by atoms with Gasteiger partial charge in [0.2, 0.25) is 0 Å². The maximum Gasteiger partial charge on any atom is 0.387 e. The number of guanidine groups is 1. The summed E-state index contributed by atoms with van der Waals surface area (Å²) in [6, 6.07) is 6.92. The van der Waals surface area contributed by atoms with E-state index in [1.807, 2.05) is 6.92 Å². The summed E-state index contributed by atoms with van der Waals surface area (Å²) in [6.45, 7) is 0.0646. The van der Waals surface area contributed by atoms with Crippen LogP contribution in [-0.2, 0) is 6.54 Å². The van der Waals surface area contributed by atoms with Crippen molar-refractivity contribution in [3.8, 4) is 5.75 Å². The molecule has 0 atom stereocenters. The van der Waals surface area contributed by atoms with Gasteiger partial charge in [0.15, 0.2) is 5.96 Å². The van der Waals surface area contributed by atoms with Crippen LogP contribution in [0.4, 0.5) is 8.78 Å². The van der Waals surface area contributed by atoms with Gasteiger partial charge in [-0.2, -0.15) is 8.78 Å². The molecule has 0 amide bonds. The Morgan fingerprint density at radius 2 is 2.00 bits per heavy atom. The first-order valence-electron chi connectivity index (χ1n) is 8.34. The van der Waals surface area contributed by atoms with Gasteiger partial charge in [0.05, 0.1) is 12.6 Å². The Morgan fingerprint density at radius 3 is 2.67 bits per heavy atom. The molecule has 0 unspecified atom stereocenters. The van der Waals surface area contributed by atoms with E-state index < -0.39 is 6.61 Å². The Labute approximate surface area is 141 Å². The zero-order valence-electron chi connectivity index (χ0n) is 13.8. The number of halogens is 2. The summed E-state index contributed by atoms with van der Waals surface area (Å²) >= 11 is 0. The van der Waals surface area contributed by atoms with Gasteiger partial charge in [-0.1, -0.05) is 18.2 Å². The predicted octanol–water partition coefficient (Wildman–Crippen LogP) is 2.65. The quantitative estimate of drug-likeness (QED) is 0.550. The highest BCUT2D eigenvalue weighted by Crippen LogP contribution is 2.21. The summed E-state index contributed by atoms with van der Waals surface area (Å²) in [4.78, 5) is 4.47. The Bertz CT molecular complexity index is 532. The molecule has 7 heteroatoms. The summed E-state index contributed by atoms with van der Waals surface area (Å²) < 4.78 is 29.4. The molecule has 0 aromatic heterocycles. The lowest BCUT2D eigenvalue weighted by molar-refractivity contribution is -0.0504. The number of hydrogen-bond acceptors (Lipinski definition) is 3. The molecule has 0 saturated heterocycles. The molecular formula is C17H25F2N3O2. The van der Waals surface area contributed by atoms with Gasteiger partial charge < -0.3 is 20.5 Å². The maximum absolute atomic E-state index is 12.5. The number of ether oxygens (including phenoxy) is 1. The molecule has 0 radical (unpaired) electrons. The van der Waals surface area contributed by atoms with E-state index in [-0.39, 0.29) is 24.4 Å². The number of rotatable bonds is 6. The average molecular weight is 341 g/mol. The molecule has 0 aliphatic heterocycles. The predicted molar refractivity (Wildman–Crippen MR) is 89.3 cm³/mol. The van der Waals surface area contributed by atoms with Gasteiger partial charge in [-0.15, -0.1) is 0 Å². The van der Waals surface area contributed by atoms with Crippen LogP contribution in [0.2, 0.25) is 0 Å². The molecule has 1 aliphatic carbocycles. The van der Waals surface area contributed by atoms with Gasteiger partial charge in [0.1, 0.15) is 5.75 Å². The van der Waals surface area contributed by atoms with E-state index in [2.05, 4.69) is 20.4 Å². The zero-order chi connectivity index (χ0) is 17.4. The van der Waals surface area contributed by atoms with Crippen LogP contribution < -0.4 is 15.4 Å². The molecule has 1 fully saturated rings. The van der Waals surface area contributed by atoms with Crippen molar-refractivity contribution < 1.29 is 18.6 Å². The van der Waals surface area contributed by atoms with Crippen molar-refractivity contribution in [1.82, 2.24) is 10.6 Å². The van der Waals surface area contributed by atoms with Gasteiger partial charge in [0.25, 0.3) is 0 Å². The van der Waals surface area contributed by atoms with Crippen LogP contribution in [0.3, 0.4) is 0 Å². The second-order valence-corrected chi connectivity index (χ2v) is 5.83. The second kappa shape index (κ2) is 9.42. The summed E-state index contributed by atoms with van der Waals surface area (Å²) in [6.07, 6.45) is 3.12. The smallest absolute Gasteiger partial charge is 0.387 e. The number of para-hydroxylation sites is 1. The summed E-state index contributed by atoms with van der Waals surface area (Å²) in [7, 11) is 0. The highest BCUT2D eigenvalue weighted by Gasteiger charge is 2.20. The van der Waals surface area contributed by atoms with E-state index in [1.165, 1.54) is 6.07 Å². The molecule has 1 aromatic rings. The Balaban J connectivity index is 2.00. The lowest BCUT2D eigenvalue weighted by Gasteiger charge is -2.27. The van der Waals surface area contributed by atoms with Crippen LogP contribution in [0.1, 0.15) is 38.2 Å². The van der Waals surface area contributed by atoms with Crippen molar-refractivity contribution >= 4 is 5.96 Å². The summed E-state index contributed by atoms with van der Waals surface area (Å²) in [5.74, 6) is 0.790. The topological polar surface area (TPSA) is 65.9 Å². The van der Waals surface area contributed by atoms with E-state index in [9.17, 15) is 13.9 Å². The van der Waals surface area contributed by atoms with Crippen LogP contribution in [-0.4, -0.2) is 36.4 Å². The van der Waals surface area contributed by atoms with Crippen molar-refractivity contribution in [3.05, 3.63) is 29.8 Å². The van der Waals surface area contributed by atoms with E-state index >= 15 is 0 Å².